The van der Waals surface area contributed by atoms with Crippen molar-refractivity contribution in [3.8, 4) is 34.8 Å². The summed E-state index contributed by atoms with van der Waals surface area (Å²) in [6.07, 6.45) is 6.62. The second-order valence-electron chi connectivity index (χ2n) is 9.27. The van der Waals surface area contributed by atoms with Crippen LogP contribution in [0.25, 0.3) is 16.6 Å². The minimum Gasteiger partial charge on any atom is -0.492 e. The molecule has 196 valence electrons. The number of amides is 1. The number of nitriles is 1. The van der Waals surface area contributed by atoms with E-state index in [2.05, 4.69) is 33.2 Å². The molecule has 1 fully saturated rings. The summed E-state index contributed by atoms with van der Waals surface area (Å²) in [4.78, 5) is 19.8. The number of carbonyl (C=O) groups is 1. The lowest BCUT2D eigenvalue weighted by molar-refractivity contribution is -0.120. The molecule has 8 nitrogen and oxygen atoms in total. The zero-order valence-corrected chi connectivity index (χ0v) is 21.7. The number of nitrogens with zero attached hydrogens (tertiary/aromatic N) is 5. The first-order valence-corrected chi connectivity index (χ1v) is 12.8. The Morgan fingerprint density at radius 2 is 2.13 bits per heavy atom. The molecule has 1 amide bonds. The molecule has 39 heavy (non-hydrogen) atoms. The molecule has 1 N–H and O–H groups in total. The summed E-state index contributed by atoms with van der Waals surface area (Å²) in [7, 11) is 0. The van der Waals surface area contributed by atoms with E-state index in [0.29, 0.717) is 41.2 Å². The van der Waals surface area contributed by atoms with E-state index in [9.17, 15) is 14.4 Å². The lowest BCUT2D eigenvalue weighted by Crippen LogP contribution is -2.41. The number of halogens is 1. The first kappa shape index (κ1) is 25.7. The van der Waals surface area contributed by atoms with E-state index in [1.807, 2.05) is 25.1 Å². The largest absolute Gasteiger partial charge is 0.492 e. The van der Waals surface area contributed by atoms with Crippen LogP contribution in [0.5, 0.6) is 5.75 Å². The van der Waals surface area contributed by atoms with Crippen LogP contribution in [0.3, 0.4) is 0 Å². The molecule has 4 heterocycles. The normalized spacial score (nSPS) is 14.8. The summed E-state index contributed by atoms with van der Waals surface area (Å²) < 4.78 is 21.3. The summed E-state index contributed by atoms with van der Waals surface area (Å²) >= 11 is 0. The van der Waals surface area contributed by atoms with Crippen LogP contribution in [-0.4, -0.2) is 40.2 Å². The van der Waals surface area contributed by atoms with Crippen LogP contribution < -0.4 is 15.0 Å². The molecular weight excluding hydrogens is 495 g/mol. The summed E-state index contributed by atoms with van der Waals surface area (Å²) in [5.41, 5.74) is 3.70. The van der Waals surface area contributed by atoms with Crippen LogP contribution in [-0.2, 0) is 4.79 Å². The number of benzene rings is 1. The van der Waals surface area contributed by atoms with Gasteiger partial charge in [-0.1, -0.05) is 5.92 Å². The lowest BCUT2D eigenvalue weighted by Gasteiger charge is -2.33. The van der Waals surface area contributed by atoms with Gasteiger partial charge in [-0.3, -0.25) is 4.79 Å². The van der Waals surface area contributed by atoms with Crippen molar-refractivity contribution in [1.29, 1.82) is 5.26 Å². The predicted octanol–water partition coefficient (Wildman–Crippen LogP) is 5.03. The van der Waals surface area contributed by atoms with Crippen molar-refractivity contribution in [3.05, 3.63) is 71.9 Å². The van der Waals surface area contributed by atoms with E-state index < -0.39 is 5.82 Å². The van der Waals surface area contributed by atoms with Crippen LogP contribution in [0.2, 0.25) is 0 Å². The van der Waals surface area contributed by atoms with Gasteiger partial charge in [0.1, 0.15) is 23.5 Å². The zero-order valence-electron chi connectivity index (χ0n) is 21.7. The molecule has 4 aromatic rings. The van der Waals surface area contributed by atoms with Gasteiger partial charge >= 0.3 is 0 Å². The molecule has 0 radical (unpaired) electrons. The molecule has 0 bridgehead atoms. The maximum atomic E-state index is 14.0. The Kier molecular flexibility index (Phi) is 7.42. The van der Waals surface area contributed by atoms with Crippen molar-refractivity contribution in [1.82, 2.24) is 14.6 Å². The van der Waals surface area contributed by atoms with Crippen molar-refractivity contribution in [2.24, 2.45) is 5.92 Å². The van der Waals surface area contributed by atoms with Gasteiger partial charge in [-0.2, -0.15) is 10.4 Å². The van der Waals surface area contributed by atoms with Crippen LogP contribution in [0.15, 0.2) is 55.0 Å². The highest BCUT2D eigenvalue weighted by molar-refractivity contribution is 5.93. The molecule has 1 aromatic carbocycles. The molecule has 1 atom stereocenters. The minimum absolute atomic E-state index is 0.155. The monoisotopic (exact) mass is 522 g/mol. The third-order valence-corrected chi connectivity index (χ3v) is 6.63. The van der Waals surface area contributed by atoms with Gasteiger partial charge in [-0.05, 0) is 63.1 Å². The van der Waals surface area contributed by atoms with Crippen LogP contribution >= 0.6 is 0 Å². The van der Waals surface area contributed by atoms with Gasteiger partial charge in [0, 0.05) is 41.7 Å². The molecule has 3 aromatic heterocycles. The van der Waals surface area contributed by atoms with Gasteiger partial charge < -0.3 is 15.0 Å². The fourth-order valence-electron chi connectivity index (χ4n) is 4.90. The van der Waals surface area contributed by atoms with Crippen molar-refractivity contribution < 1.29 is 13.9 Å². The highest BCUT2D eigenvalue weighted by Gasteiger charge is 2.27. The summed E-state index contributed by atoms with van der Waals surface area (Å²) in [6.45, 7) is 5.37. The molecule has 1 saturated heterocycles. The Bertz CT molecular complexity index is 1630. The molecule has 0 aliphatic carbocycles. The fourth-order valence-corrected chi connectivity index (χ4v) is 4.90. The standard InChI is InChI=1S/C30H27FN6O2/c1-3-6-20-11-24(31)13-25(12-20)35-30(38)22-7-5-10-36(18-22)28-9-8-21(16-33-28)27-14-26(39-4-2)19-37-29(27)23(15-32)17-34-37/h8-9,11-14,16-17,19,22H,4-5,7,10,18H2,1-2H3,(H,35,38). The Balaban J connectivity index is 1.34. The summed E-state index contributed by atoms with van der Waals surface area (Å²) in [6, 6.07) is 12.3. The first-order valence-electron chi connectivity index (χ1n) is 12.8. The maximum absolute atomic E-state index is 14.0. The lowest BCUT2D eigenvalue weighted by atomic mass is 9.96. The molecule has 9 heteroatoms. The number of pyridine rings is 2. The number of piperidine rings is 1. The number of hydrogen-bond donors (Lipinski definition) is 1. The van der Waals surface area contributed by atoms with E-state index in [1.165, 1.54) is 18.3 Å². The van der Waals surface area contributed by atoms with Crippen molar-refractivity contribution >= 4 is 22.9 Å². The maximum Gasteiger partial charge on any atom is 0.229 e. The number of fused-ring (bicyclic) bond motifs is 1. The number of carbonyl (C=O) groups excluding carboxylic acids is 1. The third kappa shape index (κ3) is 5.53. The highest BCUT2D eigenvalue weighted by Crippen LogP contribution is 2.32. The van der Waals surface area contributed by atoms with Gasteiger partial charge in [0.15, 0.2) is 0 Å². The SMILES string of the molecule is CC#Cc1cc(F)cc(NC(=O)C2CCCN(c3ccc(-c4cc(OCC)cn5ncc(C#N)c45)cn3)C2)c1. The van der Waals surface area contributed by atoms with Crippen LogP contribution in [0.1, 0.15) is 37.8 Å². The average Bonchev–Trinajstić information content (AvgIpc) is 3.36. The predicted molar refractivity (Wildman–Crippen MR) is 147 cm³/mol. The Morgan fingerprint density at radius 1 is 1.26 bits per heavy atom. The Labute approximate surface area is 226 Å². The minimum atomic E-state index is -0.443. The topological polar surface area (TPSA) is 95.5 Å². The second-order valence-corrected chi connectivity index (χ2v) is 9.27. The Morgan fingerprint density at radius 3 is 2.87 bits per heavy atom. The molecule has 5 rings (SSSR count). The molecule has 0 spiro atoms. The number of anilines is 2. The second kappa shape index (κ2) is 11.2. The van der Waals surface area contributed by atoms with Gasteiger partial charge in [-0.15, -0.1) is 5.92 Å². The number of rotatable bonds is 6. The highest BCUT2D eigenvalue weighted by atomic mass is 19.1. The van der Waals surface area contributed by atoms with Crippen LogP contribution in [0, 0.1) is 34.9 Å². The zero-order chi connectivity index (χ0) is 27.4. The fraction of sp³-hybridized carbons (Fsp3) is 0.267. The smallest absolute Gasteiger partial charge is 0.229 e. The average molecular weight is 523 g/mol. The van der Waals surface area contributed by atoms with Crippen LogP contribution in [0.4, 0.5) is 15.9 Å². The molecular formula is C30H27FN6O2. The molecule has 1 aliphatic rings. The van der Waals surface area contributed by atoms with Crippen molar-refractivity contribution in [3.63, 3.8) is 0 Å². The summed E-state index contributed by atoms with van der Waals surface area (Å²) in [5, 5.41) is 16.7. The van der Waals surface area contributed by atoms with E-state index in [-0.39, 0.29) is 11.8 Å². The molecule has 1 unspecified atom stereocenters. The molecule has 1 aliphatic heterocycles. The number of ether oxygens (including phenoxy) is 1. The number of aromatic nitrogens is 3. The van der Waals surface area contributed by atoms with E-state index in [1.54, 1.807) is 29.9 Å². The Hall–Kier alpha value is -4.89. The van der Waals surface area contributed by atoms with E-state index in [4.69, 9.17) is 9.72 Å². The van der Waals surface area contributed by atoms with Crippen molar-refractivity contribution in [2.45, 2.75) is 26.7 Å². The quantitative estimate of drug-likeness (QED) is 0.357. The van der Waals surface area contributed by atoms with Gasteiger partial charge in [-0.25, -0.2) is 13.9 Å². The number of hydrogen-bond acceptors (Lipinski definition) is 6. The van der Waals surface area contributed by atoms with Gasteiger partial charge in [0.25, 0.3) is 0 Å². The third-order valence-electron chi connectivity index (χ3n) is 6.63. The molecule has 0 saturated carbocycles. The van der Waals surface area contributed by atoms with E-state index >= 15 is 0 Å². The van der Waals surface area contributed by atoms with E-state index in [0.717, 1.165) is 36.3 Å². The first-order chi connectivity index (χ1) is 19.0. The van der Waals surface area contributed by atoms with Gasteiger partial charge in [0.2, 0.25) is 5.91 Å². The van der Waals surface area contributed by atoms with Crippen molar-refractivity contribution in [2.75, 3.05) is 29.9 Å². The summed E-state index contributed by atoms with van der Waals surface area (Å²) in [5.74, 6) is 6.11. The number of nitrogens with one attached hydrogen (secondary N) is 1. The van der Waals surface area contributed by atoms with Gasteiger partial charge in [0.05, 0.1) is 36.0 Å².